The Balaban J connectivity index is 1.61. The maximum absolute atomic E-state index is 13.0. The van der Waals surface area contributed by atoms with Gasteiger partial charge >= 0.3 is 6.18 Å². The molecule has 28 heavy (non-hydrogen) atoms. The van der Waals surface area contributed by atoms with Gasteiger partial charge in [0.05, 0.1) is 11.9 Å². The third-order valence-corrected chi connectivity index (χ3v) is 4.75. The van der Waals surface area contributed by atoms with Gasteiger partial charge in [-0.25, -0.2) is 9.97 Å². The summed E-state index contributed by atoms with van der Waals surface area (Å²) in [5, 5.41) is 3.19. The molecule has 10 heteroatoms. The summed E-state index contributed by atoms with van der Waals surface area (Å²) >= 11 is 5.79. The SMILES string of the molecule is Nc1cnc(Cl)nc1NCc1ccc2c(c1)CCCn1cc(C(F)(F)F)nc1-2. The molecule has 0 spiro atoms. The minimum absolute atomic E-state index is 0.0888. The Morgan fingerprint density at radius 3 is 2.86 bits per heavy atom. The lowest BCUT2D eigenvalue weighted by atomic mass is 10.0. The summed E-state index contributed by atoms with van der Waals surface area (Å²) in [4.78, 5) is 11.7. The van der Waals surface area contributed by atoms with Crippen LogP contribution in [0.1, 0.15) is 23.2 Å². The van der Waals surface area contributed by atoms with E-state index < -0.39 is 11.9 Å². The van der Waals surface area contributed by atoms with Gasteiger partial charge in [0.2, 0.25) is 5.28 Å². The van der Waals surface area contributed by atoms with Crippen molar-refractivity contribution in [2.24, 2.45) is 0 Å². The van der Waals surface area contributed by atoms with E-state index in [4.69, 9.17) is 17.3 Å². The number of alkyl halides is 3. The van der Waals surface area contributed by atoms with Gasteiger partial charge in [0, 0.05) is 24.8 Å². The number of benzene rings is 1. The first-order valence-corrected chi connectivity index (χ1v) is 8.97. The number of nitrogens with one attached hydrogen (secondary N) is 1. The molecular formula is C18H16ClF3N6. The van der Waals surface area contributed by atoms with Gasteiger partial charge in [0.1, 0.15) is 5.82 Å². The molecule has 6 nitrogen and oxygen atoms in total. The van der Waals surface area contributed by atoms with E-state index in [9.17, 15) is 13.2 Å². The average molecular weight is 409 g/mol. The number of hydrogen-bond acceptors (Lipinski definition) is 5. The van der Waals surface area contributed by atoms with Crippen LogP contribution in [0.15, 0.2) is 30.6 Å². The van der Waals surface area contributed by atoms with Gasteiger partial charge in [-0.3, -0.25) is 0 Å². The molecule has 1 aromatic carbocycles. The van der Waals surface area contributed by atoms with Crippen LogP contribution in [-0.2, 0) is 25.7 Å². The highest BCUT2D eigenvalue weighted by atomic mass is 35.5. The van der Waals surface area contributed by atoms with Gasteiger partial charge in [0.15, 0.2) is 11.5 Å². The number of anilines is 2. The number of nitrogens with two attached hydrogens (primary N) is 1. The van der Waals surface area contributed by atoms with Crippen LogP contribution in [0.4, 0.5) is 24.7 Å². The van der Waals surface area contributed by atoms with Crippen molar-refractivity contribution in [2.45, 2.75) is 32.1 Å². The van der Waals surface area contributed by atoms with Crippen molar-refractivity contribution in [1.82, 2.24) is 19.5 Å². The fraction of sp³-hybridized carbons (Fsp3) is 0.278. The Bertz CT molecular complexity index is 1030. The molecule has 0 saturated carbocycles. The highest BCUT2D eigenvalue weighted by Gasteiger charge is 2.35. The lowest BCUT2D eigenvalue weighted by molar-refractivity contribution is -0.140. The smallest absolute Gasteiger partial charge is 0.394 e. The summed E-state index contributed by atoms with van der Waals surface area (Å²) in [5.41, 5.74) is 7.97. The molecular weight excluding hydrogens is 393 g/mol. The van der Waals surface area contributed by atoms with Crippen LogP contribution >= 0.6 is 11.6 Å². The van der Waals surface area contributed by atoms with Crippen molar-refractivity contribution in [3.8, 4) is 11.4 Å². The standard InChI is InChI=1S/C18H16ClF3N6/c19-17-25-8-13(23)15(27-17)24-7-10-3-4-12-11(6-10)2-1-5-28-9-14(18(20,21)22)26-16(12)28/h3-4,6,8-9H,1-2,5,7,23H2,(H,24,25,27). The van der Waals surface area contributed by atoms with E-state index >= 15 is 0 Å². The van der Waals surface area contributed by atoms with E-state index in [-0.39, 0.29) is 5.28 Å². The predicted molar refractivity (Wildman–Crippen MR) is 99.8 cm³/mol. The molecule has 0 atom stereocenters. The van der Waals surface area contributed by atoms with Crippen molar-refractivity contribution in [2.75, 3.05) is 11.1 Å². The van der Waals surface area contributed by atoms with E-state index in [1.54, 1.807) is 4.57 Å². The van der Waals surface area contributed by atoms with Crippen LogP contribution in [0.25, 0.3) is 11.4 Å². The molecule has 3 N–H and O–H groups in total. The summed E-state index contributed by atoms with van der Waals surface area (Å²) in [6.07, 6.45) is -0.454. The Morgan fingerprint density at radius 1 is 1.25 bits per heavy atom. The molecule has 0 amide bonds. The summed E-state index contributed by atoms with van der Waals surface area (Å²) < 4.78 is 40.7. The molecule has 0 saturated heterocycles. The van der Waals surface area contributed by atoms with Crippen molar-refractivity contribution in [3.05, 3.63) is 52.7 Å². The van der Waals surface area contributed by atoms with Gasteiger partial charge in [-0.2, -0.15) is 18.2 Å². The van der Waals surface area contributed by atoms with Crippen molar-refractivity contribution in [3.63, 3.8) is 0 Å². The number of hydrogen-bond donors (Lipinski definition) is 2. The highest BCUT2D eigenvalue weighted by molar-refractivity contribution is 6.28. The first-order valence-electron chi connectivity index (χ1n) is 8.59. The molecule has 4 rings (SSSR count). The van der Waals surface area contributed by atoms with E-state index in [0.29, 0.717) is 30.4 Å². The maximum atomic E-state index is 13.0. The molecule has 2 aromatic heterocycles. The number of halogens is 4. The molecule has 0 radical (unpaired) electrons. The van der Waals surface area contributed by atoms with Crippen LogP contribution in [0.2, 0.25) is 5.28 Å². The first kappa shape index (κ1) is 18.5. The molecule has 3 aromatic rings. The largest absolute Gasteiger partial charge is 0.434 e. The van der Waals surface area contributed by atoms with Gasteiger partial charge in [-0.05, 0) is 35.6 Å². The molecule has 3 heterocycles. The normalized spacial score (nSPS) is 13.6. The van der Waals surface area contributed by atoms with Crippen LogP contribution < -0.4 is 11.1 Å². The van der Waals surface area contributed by atoms with Crippen molar-refractivity contribution < 1.29 is 13.2 Å². The second kappa shape index (κ2) is 6.97. The third kappa shape index (κ3) is 3.62. The first-order chi connectivity index (χ1) is 13.3. The average Bonchev–Trinajstić information content (AvgIpc) is 3.00. The Morgan fingerprint density at radius 2 is 2.07 bits per heavy atom. The molecule has 1 aliphatic rings. The molecule has 0 aliphatic carbocycles. The Hall–Kier alpha value is -2.81. The number of aryl methyl sites for hydroxylation is 2. The Kier molecular flexibility index (Phi) is 4.62. The molecule has 1 aliphatic heterocycles. The fourth-order valence-electron chi connectivity index (χ4n) is 3.26. The van der Waals surface area contributed by atoms with Gasteiger partial charge in [0.25, 0.3) is 0 Å². The zero-order valence-electron chi connectivity index (χ0n) is 14.6. The highest BCUT2D eigenvalue weighted by Crippen LogP contribution is 2.34. The summed E-state index contributed by atoms with van der Waals surface area (Å²) in [6.45, 7) is 0.934. The minimum atomic E-state index is -4.46. The van der Waals surface area contributed by atoms with E-state index in [0.717, 1.165) is 35.7 Å². The zero-order chi connectivity index (χ0) is 19.9. The second-order valence-corrected chi connectivity index (χ2v) is 6.87. The van der Waals surface area contributed by atoms with E-state index in [1.165, 1.54) is 6.20 Å². The molecule has 0 bridgehead atoms. The van der Waals surface area contributed by atoms with Crippen LogP contribution in [0.3, 0.4) is 0 Å². The van der Waals surface area contributed by atoms with Gasteiger partial charge < -0.3 is 15.6 Å². The topological polar surface area (TPSA) is 81.6 Å². The number of rotatable bonds is 3. The number of fused-ring (bicyclic) bond motifs is 3. The summed E-state index contributed by atoms with van der Waals surface area (Å²) in [6, 6.07) is 5.63. The molecule has 0 unspecified atom stereocenters. The monoisotopic (exact) mass is 408 g/mol. The molecule has 0 fully saturated rings. The number of nitrogen functional groups attached to an aromatic ring is 1. The predicted octanol–water partition coefficient (Wildman–Crippen LogP) is 4.15. The lowest BCUT2D eigenvalue weighted by Crippen LogP contribution is -2.06. The number of aromatic nitrogens is 4. The Labute approximate surface area is 163 Å². The van der Waals surface area contributed by atoms with Gasteiger partial charge in [-0.1, -0.05) is 18.2 Å². The fourth-order valence-corrected chi connectivity index (χ4v) is 3.39. The van der Waals surface area contributed by atoms with Crippen molar-refractivity contribution >= 4 is 23.1 Å². The summed E-state index contributed by atoms with van der Waals surface area (Å²) in [5.74, 6) is 0.784. The maximum Gasteiger partial charge on any atom is 0.434 e. The van der Waals surface area contributed by atoms with Crippen LogP contribution in [-0.4, -0.2) is 19.5 Å². The second-order valence-electron chi connectivity index (χ2n) is 6.53. The van der Waals surface area contributed by atoms with Crippen LogP contribution in [0.5, 0.6) is 0 Å². The quantitative estimate of drug-likeness (QED) is 0.636. The lowest BCUT2D eigenvalue weighted by Gasteiger charge is -2.11. The zero-order valence-corrected chi connectivity index (χ0v) is 15.3. The number of nitrogens with zero attached hydrogens (tertiary/aromatic N) is 4. The minimum Gasteiger partial charge on any atom is -0.394 e. The number of imidazole rings is 1. The van der Waals surface area contributed by atoms with E-state index in [1.807, 2.05) is 18.2 Å². The van der Waals surface area contributed by atoms with Crippen LogP contribution in [0, 0.1) is 0 Å². The summed E-state index contributed by atoms with van der Waals surface area (Å²) in [7, 11) is 0. The van der Waals surface area contributed by atoms with Gasteiger partial charge in [-0.15, -0.1) is 0 Å². The molecule has 146 valence electrons. The van der Waals surface area contributed by atoms with E-state index in [2.05, 4.69) is 20.3 Å². The van der Waals surface area contributed by atoms with Crippen molar-refractivity contribution in [1.29, 1.82) is 0 Å². The third-order valence-electron chi connectivity index (χ3n) is 4.57.